The van der Waals surface area contributed by atoms with E-state index < -0.39 is 0 Å². The molecule has 0 N–H and O–H groups in total. The molecule has 1 aromatic rings. The van der Waals surface area contributed by atoms with Gasteiger partial charge in [-0.2, -0.15) is 0 Å². The summed E-state index contributed by atoms with van der Waals surface area (Å²) in [5.74, 6) is 1.27. The molecule has 0 radical (unpaired) electrons. The van der Waals surface area contributed by atoms with Gasteiger partial charge in [-0.1, -0.05) is 53.6 Å². The molecular weight excluding hydrogens is 303 g/mol. The van der Waals surface area contributed by atoms with Crippen LogP contribution >= 0.6 is 34.4 Å². The lowest BCUT2D eigenvalue weighted by molar-refractivity contribution is 0.715. The third-order valence-corrected chi connectivity index (χ3v) is 3.90. The largest absolute Gasteiger partial charge is 0.126 e. The number of thioether (sulfide) groups is 1. The zero-order valence-electron chi connectivity index (χ0n) is 8.42. The average Bonchev–Trinajstić information content (AvgIpc) is 2.25. The fourth-order valence-corrected chi connectivity index (χ4v) is 2.73. The predicted molar refractivity (Wildman–Crippen MR) is 74.5 cm³/mol. The number of hydrogen-bond donors (Lipinski definition) is 0. The molecule has 0 aliphatic rings. The van der Waals surface area contributed by atoms with Crippen molar-refractivity contribution in [3.05, 3.63) is 30.3 Å². The van der Waals surface area contributed by atoms with Crippen LogP contribution in [0.3, 0.4) is 0 Å². The summed E-state index contributed by atoms with van der Waals surface area (Å²) in [5.41, 5.74) is 0. The fraction of sp³-hybridized carbons (Fsp3) is 0.500. The number of rotatable bonds is 7. The SMILES string of the molecule is ICCCCCCSc1ccccc1. The van der Waals surface area contributed by atoms with Gasteiger partial charge in [0.15, 0.2) is 0 Å². The van der Waals surface area contributed by atoms with Gasteiger partial charge < -0.3 is 0 Å². The topological polar surface area (TPSA) is 0 Å². The minimum Gasteiger partial charge on any atom is -0.126 e. The second kappa shape index (κ2) is 8.60. The van der Waals surface area contributed by atoms with E-state index in [0.29, 0.717) is 0 Å². The smallest absolute Gasteiger partial charge is 0.00719 e. The van der Waals surface area contributed by atoms with Crippen LogP contribution in [0.5, 0.6) is 0 Å². The molecule has 0 saturated heterocycles. The summed E-state index contributed by atoms with van der Waals surface area (Å²) in [6.07, 6.45) is 5.54. The summed E-state index contributed by atoms with van der Waals surface area (Å²) in [5, 5.41) is 0. The highest BCUT2D eigenvalue weighted by Gasteiger charge is 1.92. The highest BCUT2D eigenvalue weighted by Crippen LogP contribution is 2.18. The van der Waals surface area contributed by atoms with E-state index in [9.17, 15) is 0 Å². The maximum absolute atomic E-state index is 2.45. The molecule has 0 fully saturated rings. The Bertz CT molecular complexity index is 223. The van der Waals surface area contributed by atoms with Crippen molar-refractivity contribution < 1.29 is 0 Å². The van der Waals surface area contributed by atoms with Gasteiger partial charge in [-0.05, 0) is 35.2 Å². The molecule has 0 bridgehead atoms. The van der Waals surface area contributed by atoms with Crippen LogP contribution in [0.1, 0.15) is 25.7 Å². The quantitative estimate of drug-likeness (QED) is 0.302. The van der Waals surface area contributed by atoms with Crippen molar-refractivity contribution >= 4 is 34.4 Å². The van der Waals surface area contributed by atoms with Gasteiger partial charge in [0, 0.05) is 4.90 Å². The number of alkyl halides is 1. The minimum atomic E-state index is 1.27. The lowest BCUT2D eigenvalue weighted by Crippen LogP contribution is -1.82. The number of benzene rings is 1. The number of halogens is 1. The third-order valence-electron chi connectivity index (χ3n) is 2.04. The summed E-state index contributed by atoms with van der Waals surface area (Å²) in [6.45, 7) is 0. The van der Waals surface area contributed by atoms with E-state index in [4.69, 9.17) is 0 Å². The maximum Gasteiger partial charge on any atom is 0.00719 e. The molecule has 1 rings (SSSR count). The van der Waals surface area contributed by atoms with Crippen LogP contribution in [0.2, 0.25) is 0 Å². The van der Waals surface area contributed by atoms with Gasteiger partial charge in [-0.15, -0.1) is 11.8 Å². The first kappa shape index (κ1) is 12.4. The van der Waals surface area contributed by atoms with Crippen LogP contribution < -0.4 is 0 Å². The maximum atomic E-state index is 2.45. The molecule has 0 nitrogen and oxygen atoms in total. The standard InChI is InChI=1S/C12H17IS/c13-10-6-1-2-7-11-14-12-8-4-3-5-9-12/h3-5,8-9H,1-2,6-7,10-11H2. The second-order valence-electron chi connectivity index (χ2n) is 3.26. The van der Waals surface area contributed by atoms with E-state index in [0.717, 1.165) is 0 Å². The van der Waals surface area contributed by atoms with Crippen molar-refractivity contribution in [1.29, 1.82) is 0 Å². The van der Waals surface area contributed by atoms with Gasteiger partial charge in [-0.3, -0.25) is 0 Å². The van der Waals surface area contributed by atoms with Crippen molar-refractivity contribution in [3.63, 3.8) is 0 Å². The molecule has 1 aromatic carbocycles. The summed E-state index contributed by atoms with van der Waals surface area (Å²) >= 11 is 4.43. The van der Waals surface area contributed by atoms with E-state index in [1.165, 1.54) is 40.8 Å². The molecule has 0 amide bonds. The lowest BCUT2D eigenvalue weighted by atomic mass is 10.2. The van der Waals surface area contributed by atoms with Crippen LogP contribution in [0.15, 0.2) is 35.2 Å². The monoisotopic (exact) mass is 320 g/mol. The Morgan fingerprint density at radius 1 is 0.929 bits per heavy atom. The zero-order valence-corrected chi connectivity index (χ0v) is 11.4. The fourth-order valence-electron chi connectivity index (χ4n) is 1.26. The summed E-state index contributed by atoms with van der Waals surface area (Å²) in [4.78, 5) is 1.40. The molecule has 0 heterocycles. The Balaban J connectivity index is 1.99. The van der Waals surface area contributed by atoms with Crippen molar-refractivity contribution in [2.24, 2.45) is 0 Å². The highest BCUT2D eigenvalue weighted by molar-refractivity contribution is 14.1. The molecule has 0 aromatic heterocycles. The summed E-state index contributed by atoms with van der Waals surface area (Å²) in [7, 11) is 0. The Morgan fingerprint density at radius 2 is 1.64 bits per heavy atom. The normalized spacial score (nSPS) is 10.4. The van der Waals surface area contributed by atoms with Crippen molar-refractivity contribution in [1.82, 2.24) is 0 Å². The van der Waals surface area contributed by atoms with E-state index in [2.05, 4.69) is 52.9 Å². The zero-order chi connectivity index (χ0) is 10.1. The predicted octanol–water partition coefficient (Wildman–Crippen LogP) is 4.77. The van der Waals surface area contributed by atoms with Gasteiger partial charge in [-0.25, -0.2) is 0 Å². The molecule has 0 spiro atoms. The van der Waals surface area contributed by atoms with Gasteiger partial charge in [0.05, 0.1) is 0 Å². The van der Waals surface area contributed by atoms with Gasteiger partial charge in [0.2, 0.25) is 0 Å². The van der Waals surface area contributed by atoms with Crippen LogP contribution in [-0.2, 0) is 0 Å². The van der Waals surface area contributed by atoms with Crippen molar-refractivity contribution in [2.45, 2.75) is 30.6 Å². The first-order chi connectivity index (χ1) is 6.93. The second-order valence-corrected chi connectivity index (χ2v) is 5.51. The molecular formula is C12H17IS. The third kappa shape index (κ3) is 5.91. The van der Waals surface area contributed by atoms with E-state index >= 15 is 0 Å². The van der Waals surface area contributed by atoms with Crippen molar-refractivity contribution in [3.8, 4) is 0 Å². The molecule has 0 aliphatic carbocycles. The first-order valence-corrected chi connectivity index (χ1v) is 7.68. The Labute approximate surface area is 105 Å². The van der Waals surface area contributed by atoms with Crippen molar-refractivity contribution in [2.75, 3.05) is 10.2 Å². The lowest BCUT2D eigenvalue weighted by Gasteiger charge is -2.00. The Morgan fingerprint density at radius 3 is 2.36 bits per heavy atom. The van der Waals surface area contributed by atoms with E-state index in [1.807, 2.05) is 11.8 Å². The van der Waals surface area contributed by atoms with Crippen LogP contribution in [0, 0.1) is 0 Å². The minimum absolute atomic E-state index is 1.27. The van der Waals surface area contributed by atoms with Crippen LogP contribution in [-0.4, -0.2) is 10.2 Å². The van der Waals surface area contributed by atoms with Crippen LogP contribution in [0.4, 0.5) is 0 Å². The number of hydrogen-bond acceptors (Lipinski definition) is 1. The first-order valence-electron chi connectivity index (χ1n) is 5.17. The molecule has 78 valence electrons. The molecule has 2 heteroatoms. The van der Waals surface area contributed by atoms with Crippen LogP contribution in [0.25, 0.3) is 0 Å². The highest BCUT2D eigenvalue weighted by atomic mass is 127. The molecule has 14 heavy (non-hydrogen) atoms. The molecule has 0 aliphatic heterocycles. The van der Waals surface area contributed by atoms with Gasteiger partial charge >= 0.3 is 0 Å². The van der Waals surface area contributed by atoms with Gasteiger partial charge in [0.1, 0.15) is 0 Å². The molecule has 0 unspecified atom stereocenters. The number of unbranched alkanes of at least 4 members (excludes halogenated alkanes) is 3. The van der Waals surface area contributed by atoms with E-state index in [1.54, 1.807) is 0 Å². The van der Waals surface area contributed by atoms with E-state index in [-0.39, 0.29) is 0 Å². The Hall–Kier alpha value is 0.300. The summed E-state index contributed by atoms with van der Waals surface area (Å²) in [6, 6.07) is 10.7. The van der Waals surface area contributed by atoms with Gasteiger partial charge in [0.25, 0.3) is 0 Å². The Kier molecular flexibility index (Phi) is 7.59. The summed E-state index contributed by atoms with van der Waals surface area (Å²) < 4.78 is 1.31. The average molecular weight is 320 g/mol. The molecule has 0 saturated carbocycles. The molecule has 0 atom stereocenters.